The first-order chi connectivity index (χ1) is 8.04. The maximum absolute atomic E-state index is 10.4. The molecular formula is C14H20BrNO. The molecule has 1 aromatic rings. The molecule has 0 aliphatic carbocycles. The van der Waals surface area contributed by atoms with Crippen molar-refractivity contribution in [3.63, 3.8) is 0 Å². The van der Waals surface area contributed by atoms with Crippen molar-refractivity contribution in [2.24, 2.45) is 0 Å². The number of aromatic hydroxyl groups is 1. The zero-order chi connectivity index (χ0) is 12.6. The van der Waals surface area contributed by atoms with Gasteiger partial charge in [0, 0.05) is 22.5 Å². The van der Waals surface area contributed by atoms with Gasteiger partial charge < -0.3 is 10.4 Å². The molecule has 0 amide bonds. The second-order valence-electron chi connectivity index (χ2n) is 4.99. The highest BCUT2D eigenvalue weighted by Crippen LogP contribution is 2.41. The van der Waals surface area contributed by atoms with Crippen LogP contribution in [0.1, 0.15) is 41.0 Å². The zero-order valence-corrected chi connectivity index (χ0v) is 12.3. The number of phenols is 1. The molecule has 0 radical (unpaired) electrons. The van der Waals surface area contributed by atoms with Crippen molar-refractivity contribution in [3.05, 3.63) is 26.7 Å². The first kappa shape index (κ1) is 12.9. The molecule has 2 rings (SSSR count). The van der Waals surface area contributed by atoms with E-state index in [1.807, 2.05) is 6.92 Å². The van der Waals surface area contributed by atoms with Gasteiger partial charge in [0.05, 0.1) is 0 Å². The van der Waals surface area contributed by atoms with Crippen molar-refractivity contribution in [2.75, 3.05) is 13.1 Å². The Morgan fingerprint density at radius 2 is 1.88 bits per heavy atom. The molecule has 0 bridgehead atoms. The highest BCUT2D eigenvalue weighted by Gasteiger charge is 2.24. The van der Waals surface area contributed by atoms with Crippen LogP contribution in [-0.4, -0.2) is 18.2 Å². The predicted octanol–water partition coefficient (Wildman–Crippen LogP) is 3.55. The van der Waals surface area contributed by atoms with Crippen molar-refractivity contribution in [1.29, 1.82) is 0 Å². The minimum absolute atomic E-state index is 0.444. The number of nitrogens with one attached hydrogen (secondary N) is 1. The topological polar surface area (TPSA) is 32.3 Å². The molecular weight excluding hydrogens is 278 g/mol. The van der Waals surface area contributed by atoms with E-state index in [0.29, 0.717) is 11.7 Å². The summed E-state index contributed by atoms with van der Waals surface area (Å²) in [4.78, 5) is 0. The molecule has 1 atom stereocenters. The number of benzene rings is 1. The van der Waals surface area contributed by atoms with Gasteiger partial charge in [0.15, 0.2) is 0 Å². The van der Waals surface area contributed by atoms with Gasteiger partial charge in [0.25, 0.3) is 0 Å². The molecule has 1 unspecified atom stereocenters. The van der Waals surface area contributed by atoms with Crippen molar-refractivity contribution < 1.29 is 5.11 Å². The SMILES string of the molecule is Cc1c(C)c(Br)c(C)c(C2CCCNC2)c1O. The Morgan fingerprint density at radius 3 is 2.47 bits per heavy atom. The van der Waals surface area contributed by atoms with Crippen LogP contribution in [0, 0.1) is 20.8 Å². The quantitative estimate of drug-likeness (QED) is 0.831. The van der Waals surface area contributed by atoms with Gasteiger partial charge in [0.2, 0.25) is 0 Å². The first-order valence-electron chi connectivity index (χ1n) is 6.22. The lowest BCUT2D eigenvalue weighted by atomic mass is 9.85. The Morgan fingerprint density at radius 1 is 1.18 bits per heavy atom. The predicted molar refractivity (Wildman–Crippen MR) is 74.9 cm³/mol. The third kappa shape index (κ3) is 2.23. The lowest BCUT2D eigenvalue weighted by molar-refractivity contribution is 0.421. The molecule has 1 aliphatic rings. The normalized spacial score (nSPS) is 20.6. The van der Waals surface area contributed by atoms with Crippen molar-refractivity contribution in [1.82, 2.24) is 5.32 Å². The molecule has 1 saturated heterocycles. The minimum Gasteiger partial charge on any atom is -0.507 e. The number of halogens is 1. The van der Waals surface area contributed by atoms with Crippen molar-refractivity contribution in [2.45, 2.75) is 39.5 Å². The fraction of sp³-hybridized carbons (Fsp3) is 0.571. The Bertz CT molecular complexity index is 407. The number of piperidine rings is 1. The summed E-state index contributed by atoms with van der Waals surface area (Å²) < 4.78 is 1.15. The summed E-state index contributed by atoms with van der Waals surface area (Å²) in [6.45, 7) is 8.22. The van der Waals surface area contributed by atoms with Crippen LogP contribution in [0.15, 0.2) is 4.47 Å². The van der Waals surface area contributed by atoms with E-state index in [4.69, 9.17) is 0 Å². The Balaban J connectivity index is 2.52. The minimum atomic E-state index is 0.444. The Hall–Kier alpha value is -0.540. The van der Waals surface area contributed by atoms with Crippen LogP contribution in [0.4, 0.5) is 0 Å². The molecule has 1 fully saturated rings. The van der Waals surface area contributed by atoms with Crippen LogP contribution in [-0.2, 0) is 0 Å². The van der Waals surface area contributed by atoms with Crippen molar-refractivity contribution >= 4 is 15.9 Å². The fourth-order valence-electron chi connectivity index (χ4n) is 2.72. The summed E-state index contributed by atoms with van der Waals surface area (Å²) in [6.07, 6.45) is 2.35. The number of hydrogen-bond acceptors (Lipinski definition) is 2. The molecule has 0 saturated carbocycles. The van der Waals surface area contributed by atoms with E-state index in [0.717, 1.165) is 40.7 Å². The summed E-state index contributed by atoms with van der Waals surface area (Å²) >= 11 is 3.65. The van der Waals surface area contributed by atoms with Crippen LogP contribution >= 0.6 is 15.9 Å². The smallest absolute Gasteiger partial charge is 0.122 e. The Kier molecular flexibility index (Phi) is 3.79. The highest BCUT2D eigenvalue weighted by molar-refractivity contribution is 9.10. The second kappa shape index (κ2) is 4.99. The van der Waals surface area contributed by atoms with Crippen molar-refractivity contribution in [3.8, 4) is 5.75 Å². The molecule has 3 heteroatoms. The van der Waals surface area contributed by atoms with Crippen LogP contribution in [0.2, 0.25) is 0 Å². The van der Waals surface area contributed by atoms with Crippen LogP contribution in [0.3, 0.4) is 0 Å². The number of hydrogen-bond donors (Lipinski definition) is 2. The monoisotopic (exact) mass is 297 g/mol. The molecule has 0 spiro atoms. The maximum Gasteiger partial charge on any atom is 0.122 e. The third-order valence-corrected chi connectivity index (χ3v) is 5.13. The lowest BCUT2D eigenvalue weighted by Gasteiger charge is -2.27. The van der Waals surface area contributed by atoms with Gasteiger partial charge in [-0.1, -0.05) is 15.9 Å². The standard InChI is InChI=1S/C14H20BrNO/c1-8-9(2)14(17)12(10(3)13(8)15)11-5-4-6-16-7-11/h11,16-17H,4-7H2,1-3H3. The molecule has 2 nitrogen and oxygen atoms in total. The van der Waals surface area contributed by atoms with E-state index < -0.39 is 0 Å². The van der Waals surface area contributed by atoms with Gasteiger partial charge in [-0.25, -0.2) is 0 Å². The molecule has 17 heavy (non-hydrogen) atoms. The van der Waals surface area contributed by atoms with Crippen LogP contribution < -0.4 is 5.32 Å². The molecule has 1 aliphatic heterocycles. The largest absolute Gasteiger partial charge is 0.507 e. The average molecular weight is 298 g/mol. The summed E-state index contributed by atoms with van der Waals surface area (Å²) in [5.74, 6) is 0.941. The van der Waals surface area contributed by atoms with E-state index >= 15 is 0 Å². The van der Waals surface area contributed by atoms with Gasteiger partial charge in [-0.2, -0.15) is 0 Å². The van der Waals surface area contributed by atoms with Crippen LogP contribution in [0.25, 0.3) is 0 Å². The highest BCUT2D eigenvalue weighted by atomic mass is 79.9. The maximum atomic E-state index is 10.4. The van der Waals surface area contributed by atoms with E-state index in [-0.39, 0.29) is 0 Å². The lowest BCUT2D eigenvalue weighted by Crippen LogP contribution is -2.29. The van der Waals surface area contributed by atoms with Gasteiger partial charge in [-0.3, -0.25) is 0 Å². The van der Waals surface area contributed by atoms with Gasteiger partial charge in [0.1, 0.15) is 5.75 Å². The molecule has 0 aromatic heterocycles. The van der Waals surface area contributed by atoms with Gasteiger partial charge >= 0.3 is 0 Å². The summed E-state index contributed by atoms with van der Waals surface area (Å²) in [5, 5.41) is 13.8. The molecule has 1 aromatic carbocycles. The summed E-state index contributed by atoms with van der Waals surface area (Å²) in [7, 11) is 0. The second-order valence-corrected chi connectivity index (χ2v) is 5.79. The van der Waals surface area contributed by atoms with Crippen LogP contribution in [0.5, 0.6) is 5.75 Å². The number of phenolic OH excluding ortho intramolecular Hbond substituents is 1. The molecule has 1 heterocycles. The van der Waals surface area contributed by atoms with E-state index in [1.165, 1.54) is 12.0 Å². The van der Waals surface area contributed by atoms with E-state index in [1.54, 1.807) is 0 Å². The average Bonchev–Trinajstić information content (AvgIpc) is 2.36. The third-order valence-electron chi connectivity index (χ3n) is 3.94. The Labute approximate surface area is 112 Å². The van der Waals surface area contributed by atoms with Gasteiger partial charge in [-0.15, -0.1) is 0 Å². The van der Waals surface area contributed by atoms with E-state index in [2.05, 4.69) is 35.1 Å². The van der Waals surface area contributed by atoms with Gasteiger partial charge in [-0.05, 0) is 56.8 Å². The fourth-order valence-corrected chi connectivity index (χ4v) is 3.23. The summed E-state index contributed by atoms with van der Waals surface area (Å²) in [6, 6.07) is 0. The van der Waals surface area contributed by atoms with E-state index in [9.17, 15) is 5.11 Å². The first-order valence-corrected chi connectivity index (χ1v) is 7.02. The zero-order valence-electron chi connectivity index (χ0n) is 10.7. The molecule has 2 N–H and O–H groups in total. The summed E-state index contributed by atoms with van der Waals surface area (Å²) in [5.41, 5.74) is 4.47. The molecule has 94 valence electrons. The number of rotatable bonds is 1.